The number of nitrogens with one attached hydrogen (secondary N) is 2. The van der Waals surface area contributed by atoms with Crippen LogP contribution in [-0.2, 0) is 17.8 Å². The Bertz CT molecular complexity index is 358. The van der Waals surface area contributed by atoms with E-state index >= 15 is 0 Å². The van der Waals surface area contributed by atoms with Crippen molar-refractivity contribution in [1.29, 1.82) is 0 Å². The van der Waals surface area contributed by atoms with Crippen molar-refractivity contribution >= 4 is 17.2 Å². The van der Waals surface area contributed by atoms with Crippen LogP contribution in [0.25, 0.3) is 0 Å². The fourth-order valence-electron chi connectivity index (χ4n) is 1.51. The van der Waals surface area contributed by atoms with Crippen LogP contribution >= 0.6 is 11.3 Å². The van der Waals surface area contributed by atoms with Crippen LogP contribution in [0.1, 0.15) is 29.5 Å². The summed E-state index contributed by atoms with van der Waals surface area (Å²) in [6.07, 6.45) is 3.39. The first-order chi connectivity index (χ1) is 7.78. The maximum atomic E-state index is 11.4. The Morgan fingerprint density at radius 2 is 2.19 bits per heavy atom. The van der Waals surface area contributed by atoms with Gasteiger partial charge in [0.2, 0.25) is 5.91 Å². The summed E-state index contributed by atoms with van der Waals surface area (Å²) in [7, 11) is 0. The third-order valence-electron chi connectivity index (χ3n) is 2.59. The van der Waals surface area contributed by atoms with Gasteiger partial charge in [-0.3, -0.25) is 4.79 Å². The topological polar surface area (TPSA) is 41.1 Å². The molecule has 4 heteroatoms. The van der Waals surface area contributed by atoms with E-state index in [0.29, 0.717) is 12.6 Å². The van der Waals surface area contributed by atoms with Gasteiger partial charge in [0.25, 0.3) is 0 Å². The summed E-state index contributed by atoms with van der Waals surface area (Å²) in [6.45, 7) is 3.38. The van der Waals surface area contributed by atoms with Crippen molar-refractivity contribution in [3.8, 4) is 0 Å². The monoisotopic (exact) mass is 238 g/mol. The summed E-state index contributed by atoms with van der Waals surface area (Å²) in [5.74, 6) is 0.120. The van der Waals surface area contributed by atoms with Gasteiger partial charge in [-0.05, 0) is 31.4 Å². The first kappa shape index (κ1) is 11.6. The predicted molar refractivity (Wildman–Crippen MR) is 66.6 cm³/mol. The Kier molecular flexibility index (Phi) is 3.96. The fraction of sp³-hybridized carbons (Fsp3) is 0.583. The number of thiophene rings is 1. The lowest BCUT2D eigenvalue weighted by Gasteiger charge is -2.03. The lowest BCUT2D eigenvalue weighted by atomic mass is 10.3. The highest BCUT2D eigenvalue weighted by Gasteiger charge is 2.22. The first-order valence-corrected chi connectivity index (χ1v) is 6.67. The summed E-state index contributed by atoms with van der Waals surface area (Å²) in [6, 6.07) is 4.75. The van der Waals surface area contributed by atoms with Gasteiger partial charge in [-0.15, -0.1) is 11.3 Å². The molecule has 0 saturated heterocycles. The molecule has 2 rings (SSSR count). The molecule has 0 aliphatic heterocycles. The van der Waals surface area contributed by atoms with Crippen LogP contribution in [0, 0.1) is 0 Å². The Labute approximate surface area is 100 Å². The van der Waals surface area contributed by atoms with E-state index in [1.54, 1.807) is 0 Å². The Morgan fingerprint density at radius 3 is 2.81 bits per heavy atom. The Morgan fingerprint density at radius 1 is 1.44 bits per heavy atom. The third kappa shape index (κ3) is 3.61. The van der Waals surface area contributed by atoms with Gasteiger partial charge in [-0.25, -0.2) is 0 Å². The van der Waals surface area contributed by atoms with Crippen LogP contribution in [0.4, 0.5) is 0 Å². The van der Waals surface area contributed by atoms with Crippen molar-refractivity contribution in [2.24, 2.45) is 0 Å². The molecular formula is C12H18N2OS. The zero-order valence-corrected chi connectivity index (χ0v) is 10.4. The van der Waals surface area contributed by atoms with Crippen molar-refractivity contribution in [2.75, 3.05) is 6.54 Å². The van der Waals surface area contributed by atoms with Gasteiger partial charge in [0, 0.05) is 22.3 Å². The van der Waals surface area contributed by atoms with Gasteiger partial charge in [0.05, 0.1) is 6.54 Å². The molecule has 1 fully saturated rings. The smallest absolute Gasteiger partial charge is 0.234 e. The average molecular weight is 238 g/mol. The largest absolute Gasteiger partial charge is 0.352 e. The van der Waals surface area contributed by atoms with Crippen molar-refractivity contribution in [3.05, 3.63) is 21.9 Å². The highest BCUT2D eigenvalue weighted by atomic mass is 32.1. The molecule has 16 heavy (non-hydrogen) atoms. The van der Waals surface area contributed by atoms with E-state index in [9.17, 15) is 4.79 Å². The molecule has 1 aromatic rings. The fourth-order valence-corrected chi connectivity index (χ4v) is 2.44. The zero-order chi connectivity index (χ0) is 11.4. The molecule has 0 aromatic carbocycles. The number of carbonyl (C=O) groups excluding carboxylic acids is 1. The van der Waals surface area contributed by atoms with Crippen molar-refractivity contribution in [3.63, 3.8) is 0 Å². The van der Waals surface area contributed by atoms with E-state index in [-0.39, 0.29) is 5.91 Å². The number of amides is 1. The van der Waals surface area contributed by atoms with Crippen molar-refractivity contribution < 1.29 is 4.79 Å². The van der Waals surface area contributed by atoms with Gasteiger partial charge in [-0.1, -0.05) is 6.92 Å². The SMILES string of the molecule is CCc1ccc(CNCC(=O)NC2CC2)s1. The molecular weight excluding hydrogens is 220 g/mol. The van der Waals surface area contributed by atoms with Crippen LogP contribution < -0.4 is 10.6 Å². The van der Waals surface area contributed by atoms with E-state index in [0.717, 1.165) is 25.8 Å². The molecule has 0 bridgehead atoms. The number of rotatable bonds is 6. The number of hydrogen-bond donors (Lipinski definition) is 2. The van der Waals surface area contributed by atoms with Crippen LogP contribution in [-0.4, -0.2) is 18.5 Å². The molecule has 0 atom stereocenters. The summed E-state index contributed by atoms with van der Waals surface area (Å²) >= 11 is 1.82. The number of aryl methyl sites for hydroxylation is 1. The highest BCUT2D eigenvalue weighted by molar-refractivity contribution is 7.11. The Balaban J connectivity index is 1.64. The molecule has 1 saturated carbocycles. The van der Waals surface area contributed by atoms with Gasteiger partial charge in [0.1, 0.15) is 0 Å². The molecule has 1 heterocycles. The van der Waals surface area contributed by atoms with Crippen molar-refractivity contribution in [2.45, 2.75) is 38.8 Å². The number of hydrogen-bond acceptors (Lipinski definition) is 3. The molecule has 0 spiro atoms. The summed E-state index contributed by atoms with van der Waals surface area (Å²) in [4.78, 5) is 14.1. The summed E-state index contributed by atoms with van der Waals surface area (Å²) in [5, 5.41) is 6.13. The van der Waals surface area contributed by atoms with Gasteiger partial charge < -0.3 is 10.6 Å². The maximum absolute atomic E-state index is 11.4. The predicted octanol–water partition coefficient (Wildman–Crippen LogP) is 1.68. The minimum absolute atomic E-state index is 0.120. The molecule has 1 amide bonds. The molecule has 1 aliphatic rings. The first-order valence-electron chi connectivity index (χ1n) is 5.85. The standard InChI is InChI=1S/C12H18N2OS/c1-2-10-5-6-11(16-10)7-13-8-12(15)14-9-3-4-9/h5-6,9,13H,2-4,7-8H2,1H3,(H,14,15). The third-order valence-corrected chi connectivity index (χ3v) is 3.82. The molecule has 1 aromatic heterocycles. The van der Waals surface area contributed by atoms with Crippen LogP contribution in [0.5, 0.6) is 0 Å². The van der Waals surface area contributed by atoms with Crippen LogP contribution in [0.3, 0.4) is 0 Å². The van der Waals surface area contributed by atoms with E-state index in [4.69, 9.17) is 0 Å². The lowest BCUT2D eigenvalue weighted by molar-refractivity contribution is -0.120. The second kappa shape index (κ2) is 5.46. The lowest BCUT2D eigenvalue weighted by Crippen LogP contribution is -2.34. The highest BCUT2D eigenvalue weighted by Crippen LogP contribution is 2.18. The Hall–Kier alpha value is -0.870. The van der Waals surface area contributed by atoms with E-state index in [2.05, 4.69) is 29.7 Å². The van der Waals surface area contributed by atoms with Gasteiger partial charge in [-0.2, -0.15) is 0 Å². The number of carbonyl (C=O) groups is 1. The van der Waals surface area contributed by atoms with Crippen LogP contribution in [0.2, 0.25) is 0 Å². The molecule has 3 nitrogen and oxygen atoms in total. The summed E-state index contributed by atoms with van der Waals surface area (Å²) < 4.78 is 0. The molecule has 0 radical (unpaired) electrons. The molecule has 88 valence electrons. The van der Waals surface area contributed by atoms with Crippen molar-refractivity contribution in [1.82, 2.24) is 10.6 Å². The second-order valence-corrected chi connectivity index (χ2v) is 5.42. The zero-order valence-electron chi connectivity index (χ0n) is 9.58. The van der Waals surface area contributed by atoms with Gasteiger partial charge >= 0.3 is 0 Å². The quantitative estimate of drug-likeness (QED) is 0.791. The van der Waals surface area contributed by atoms with E-state index in [1.807, 2.05) is 11.3 Å². The molecule has 2 N–H and O–H groups in total. The molecule has 1 aliphatic carbocycles. The average Bonchev–Trinajstić information content (AvgIpc) is 2.96. The van der Waals surface area contributed by atoms with Crippen LogP contribution in [0.15, 0.2) is 12.1 Å². The summed E-state index contributed by atoms with van der Waals surface area (Å²) in [5.41, 5.74) is 0. The maximum Gasteiger partial charge on any atom is 0.234 e. The minimum Gasteiger partial charge on any atom is -0.352 e. The van der Waals surface area contributed by atoms with E-state index < -0.39 is 0 Å². The minimum atomic E-state index is 0.120. The van der Waals surface area contributed by atoms with E-state index in [1.165, 1.54) is 9.75 Å². The normalized spacial score (nSPS) is 15.1. The van der Waals surface area contributed by atoms with Gasteiger partial charge in [0.15, 0.2) is 0 Å². The second-order valence-electron chi connectivity index (χ2n) is 4.17. The molecule has 0 unspecified atom stereocenters.